The minimum atomic E-state index is -0.303. The van der Waals surface area contributed by atoms with Crippen LogP contribution in [-0.4, -0.2) is 35.2 Å². The van der Waals surface area contributed by atoms with Crippen LogP contribution in [-0.2, 0) is 11.3 Å². The van der Waals surface area contributed by atoms with Crippen molar-refractivity contribution >= 4 is 6.09 Å². The van der Waals surface area contributed by atoms with Crippen LogP contribution in [0.3, 0.4) is 0 Å². The number of rotatable bonds is 6. The van der Waals surface area contributed by atoms with Crippen molar-refractivity contribution in [3.05, 3.63) is 30.1 Å². The van der Waals surface area contributed by atoms with E-state index in [1.165, 1.54) is 0 Å². The number of hydrogen-bond donors (Lipinski definition) is 1. The number of carbonyl (C=O) groups is 1. The molecule has 2 N–H and O–H groups in total. The van der Waals surface area contributed by atoms with Gasteiger partial charge in [-0.15, -0.1) is 0 Å². The summed E-state index contributed by atoms with van der Waals surface area (Å²) in [6, 6.07) is 3.79. The second-order valence-corrected chi connectivity index (χ2v) is 4.36. The van der Waals surface area contributed by atoms with Gasteiger partial charge in [0.05, 0.1) is 12.6 Å². The van der Waals surface area contributed by atoms with Crippen LogP contribution in [0.4, 0.5) is 4.79 Å². The molecule has 0 bridgehead atoms. The fourth-order valence-corrected chi connectivity index (χ4v) is 1.51. The van der Waals surface area contributed by atoms with Crippen LogP contribution in [0, 0.1) is 0 Å². The number of aromatic nitrogens is 1. The highest BCUT2D eigenvalue weighted by Gasteiger charge is 2.16. The van der Waals surface area contributed by atoms with Gasteiger partial charge in [0, 0.05) is 18.9 Å². The van der Waals surface area contributed by atoms with Gasteiger partial charge >= 0.3 is 6.09 Å². The number of nitrogens with zero attached hydrogens (tertiary/aromatic N) is 2. The first-order valence-electron chi connectivity index (χ1n) is 6.18. The molecule has 5 nitrogen and oxygen atoms in total. The number of amides is 1. The number of hydrogen-bond acceptors (Lipinski definition) is 4. The van der Waals surface area contributed by atoms with Gasteiger partial charge in [0.15, 0.2) is 0 Å². The molecule has 1 aromatic rings. The van der Waals surface area contributed by atoms with Crippen molar-refractivity contribution in [2.75, 3.05) is 13.1 Å². The van der Waals surface area contributed by atoms with E-state index in [1.807, 2.05) is 26.0 Å². The average Bonchev–Trinajstić information content (AvgIpc) is 2.34. The molecule has 0 radical (unpaired) electrons. The van der Waals surface area contributed by atoms with E-state index >= 15 is 0 Å². The third-order valence-corrected chi connectivity index (χ3v) is 2.32. The zero-order valence-corrected chi connectivity index (χ0v) is 11.0. The van der Waals surface area contributed by atoms with Crippen LogP contribution < -0.4 is 5.73 Å². The minimum Gasteiger partial charge on any atom is -0.447 e. The van der Waals surface area contributed by atoms with E-state index in [0.717, 1.165) is 12.0 Å². The average molecular weight is 251 g/mol. The zero-order valence-electron chi connectivity index (χ0n) is 11.0. The van der Waals surface area contributed by atoms with E-state index in [9.17, 15) is 4.79 Å². The monoisotopic (exact) mass is 251 g/mol. The summed E-state index contributed by atoms with van der Waals surface area (Å²) in [5, 5.41) is 0. The Morgan fingerprint density at radius 3 is 2.89 bits per heavy atom. The number of carbonyl (C=O) groups excluding carboxylic acids is 1. The lowest BCUT2D eigenvalue weighted by Crippen LogP contribution is -2.34. The quantitative estimate of drug-likeness (QED) is 0.836. The Kier molecular flexibility index (Phi) is 6.14. The van der Waals surface area contributed by atoms with Crippen molar-refractivity contribution in [3.63, 3.8) is 0 Å². The number of nitrogens with two attached hydrogens (primary N) is 1. The summed E-state index contributed by atoms with van der Waals surface area (Å²) in [5.74, 6) is 0. The molecule has 0 aliphatic heterocycles. The van der Waals surface area contributed by atoms with Crippen molar-refractivity contribution in [2.45, 2.75) is 32.9 Å². The van der Waals surface area contributed by atoms with Crippen molar-refractivity contribution in [3.8, 4) is 0 Å². The molecule has 5 heteroatoms. The van der Waals surface area contributed by atoms with Crippen LogP contribution in [0.2, 0.25) is 0 Å². The highest BCUT2D eigenvalue weighted by atomic mass is 16.6. The molecular weight excluding hydrogens is 230 g/mol. The fraction of sp³-hybridized carbons (Fsp3) is 0.538. The highest BCUT2D eigenvalue weighted by Crippen LogP contribution is 2.07. The van der Waals surface area contributed by atoms with Gasteiger partial charge in [0.2, 0.25) is 0 Å². The molecule has 0 aliphatic rings. The lowest BCUT2D eigenvalue weighted by Gasteiger charge is -2.23. The second-order valence-electron chi connectivity index (χ2n) is 4.36. The predicted octanol–water partition coefficient (Wildman–Crippen LogP) is 1.78. The van der Waals surface area contributed by atoms with Gasteiger partial charge in [-0.3, -0.25) is 4.98 Å². The Balaban J connectivity index is 2.63. The van der Waals surface area contributed by atoms with Crippen LogP contribution in [0.15, 0.2) is 24.5 Å². The molecule has 1 aromatic heterocycles. The Hall–Kier alpha value is -1.62. The molecule has 1 heterocycles. The van der Waals surface area contributed by atoms with Gasteiger partial charge in [-0.25, -0.2) is 4.79 Å². The van der Waals surface area contributed by atoms with Crippen LogP contribution in [0.1, 0.15) is 25.8 Å². The van der Waals surface area contributed by atoms with Crippen molar-refractivity contribution in [1.82, 2.24) is 9.88 Å². The number of ether oxygens (including phenoxy) is 1. The summed E-state index contributed by atoms with van der Waals surface area (Å²) in [6.07, 6.45) is 3.79. The van der Waals surface area contributed by atoms with Gasteiger partial charge < -0.3 is 15.4 Å². The van der Waals surface area contributed by atoms with E-state index < -0.39 is 0 Å². The second kappa shape index (κ2) is 7.66. The van der Waals surface area contributed by atoms with Gasteiger partial charge in [-0.2, -0.15) is 0 Å². The van der Waals surface area contributed by atoms with E-state index in [2.05, 4.69) is 4.98 Å². The maximum atomic E-state index is 11.9. The Morgan fingerprint density at radius 2 is 2.33 bits per heavy atom. The summed E-state index contributed by atoms with van der Waals surface area (Å²) in [6.45, 7) is 5.32. The zero-order chi connectivity index (χ0) is 13.4. The summed E-state index contributed by atoms with van der Waals surface area (Å²) in [4.78, 5) is 17.6. The molecule has 1 rings (SSSR count). The van der Waals surface area contributed by atoms with Crippen LogP contribution >= 0.6 is 0 Å². The van der Waals surface area contributed by atoms with Crippen LogP contribution in [0.5, 0.6) is 0 Å². The van der Waals surface area contributed by atoms with Crippen molar-refractivity contribution in [1.29, 1.82) is 0 Å². The molecule has 0 aromatic carbocycles. The summed E-state index contributed by atoms with van der Waals surface area (Å²) in [5.41, 5.74) is 6.46. The molecule has 18 heavy (non-hydrogen) atoms. The van der Waals surface area contributed by atoms with Gasteiger partial charge in [-0.05, 0) is 38.4 Å². The van der Waals surface area contributed by atoms with E-state index in [4.69, 9.17) is 10.5 Å². The first-order chi connectivity index (χ1) is 8.63. The van der Waals surface area contributed by atoms with Gasteiger partial charge in [0.1, 0.15) is 0 Å². The fourth-order valence-electron chi connectivity index (χ4n) is 1.51. The first kappa shape index (κ1) is 14.4. The largest absolute Gasteiger partial charge is 0.447 e. The minimum absolute atomic E-state index is 0.119. The van der Waals surface area contributed by atoms with Crippen LogP contribution in [0.25, 0.3) is 0 Å². The standard InChI is InChI=1S/C13H21N3O2/c1-11(2)18-13(17)16(8-4-6-14)10-12-5-3-7-15-9-12/h3,5,7,9,11H,4,6,8,10,14H2,1-2H3. The van der Waals surface area contributed by atoms with E-state index in [1.54, 1.807) is 17.3 Å². The Labute approximate surface area is 108 Å². The smallest absolute Gasteiger partial charge is 0.410 e. The molecule has 0 unspecified atom stereocenters. The molecule has 0 fully saturated rings. The predicted molar refractivity (Wildman–Crippen MR) is 69.9 cm³/mol. The summed E-state index contributed by atoms with van der Waals surface area (Å²) < 4.78 is 5.21. The molecule has 0 spiro atoms. The normalized spacial score (nSPS) is 10.4. The third kappa shape index (κ3) is 5.14. The lowest BCUT2D eigenvalue weighted by molar-refractivity contribution is 0.0743. The Morgan fingerprint density at radius 1 is 1.56 bits per heavy atom. The summed E-state index contributed by atoms with van der Waals surface area (Å²) in [7, 11) is 0. The van der Waals surface area contributed by atoms with Crippen molar-refractivity contribution < 1.29 is 9.53 Å². The highest BCUT2D eigenvalue weighted by molar-refractivity contribution is 5.67. The Bertz CT molecular complexity index is 355. The molecule has 0 saturated carbocycles. The van der Waals surface area contributed by atoms with Gasteiger partial charge in [-0.1, -0.05) is 6.07 Å². The SMILES string of the molecule is CC(C)OC(=O)N(CCCN)Cc1cccnc1. The molecule has 0 aliphatic carbocycles. The molecular formula is C13H21N3O2. The maximum absolute atomic E-state index is 11.9. The molecule has 0 atom stereocenters. The van der Waals surface area contributed by atoms with Gasteiger partial charge in [0.25, 0.3) is 0 Å². The summed E-state index contributed by atoms with van der Waals surface area (Å²) >= 11 is 0. The maximum Gasteiger partial charge on any atom is 0.410 e. The molecule has 100 valence electrons. The van der Waals surface area contributed by atoms with E-state index in [-0.39, 0.29) is 12.2 Å². The molecule has 0 saturated heterocycles. The first-order valence-corrected chi connectivity index (χ1v) is 6.18. The third-order valence-electron chi connectivity index (χ3n) is 2.32. The number of pyridine rings is 1. The van der Waals surface area contributed by atoms with Crippen molar-refractivity contribution in [2.24, 2.45) is 5.73 Å². The topological polar surface area (TPSA) is 68.5 Å². The lowest BCUT2D eigenvalue weighted by atomic mass is 10.2. The molecule has 1 amide bonds. The van der Waals surface area contributed by atoms with E-state index in [0.29, 0.717) is 19.6 Å².